The van der Waals surface area contributed by atoms with Crippen LogP contribution in [0.3, 0.4) is 0 Å². The van der Waals surface area contributed by atoms with E-state index in [1.54, 1.807) is 20.8 Å². The van der Waals surface area contributed by atoms with E-state index >= 15 is 0 Å². The molecule has 7 nitrogen and oxygen atoms in total. The van der Waals surface area contributed by atoms with Gasteiger partial charge in [0.05, 0.1) is 0 Å². The number of amides is 3. The van der Waals surface area contributed by atoms with Gasteiger partial charge in [-0.2, -0.15) is 11.8 Å². The molecule has 0 radical (unpaired) electrons. The first-order valence-corrected chi connectivity index (χ1v) is 13.5. The molecular weight excluding hydrogens is 486 g/mol. The van der Waals surface area contributed by atoms with Gasteiger partial charge in [-0.1, -0.05) is 60.5 Å². The number of carbonyl (C=O) groups excluding carboxylic acids is 3. The number of benzene rings is 2. The second kappa shape index (κ2) is 13.8. The Morgan fingerprint density at radius 3 is 2.35 bits per heavy atom. The molecule has 0 bridgehead atoms. The average Bonchev–Trinajstić information content (AvgIpc) is 2.83. The van der Waals surface area contributed by atoms with E-state index in [0.717, 1.165) is 21.6 Å². The highest BCUT2D eigenvalue weighted by Gasteiger charge is 2.36. The van der Waals surface area contributed by atoms with Crippen LogP contribution in [0.15, 0.2) is 48.5 Å². The summed E-state index contributed by atoms with van der Waals surface area (Å²) in [5, 5.41) is 5.58. The molecule has 2 unspecified atom stereocenters. The van der Waals surface area contributed by atoms with Crippen LogP contribution in [0.1, 0.15) is 55.5 Å². The number of nitrogens with zero attached hydrogens (tertiary/aromatic N) is 1. The zero-order valence-electron chi connectivity index (χ0n) is 22.5. The first kappa shape index (κ1) is 29.8. The fraction of sp³-hybridized carbons (Fsp3) is 0.414. The lowest BCUT2D eigenvalue weighted by Gasteiger charge is -2.31. The summed E-state index contributed by atoms with van der Waals surface area (Å²) in [6.45, 7) is 9.34. The van der Waals surface area contributed by atoms with Crippen molar-refractivity contribution in [2.45, 2.75) is 65.3 Å². The van der Waals surface area contributed by atoms with Gasteiger partial charge in [0.25, 0.3) is 5.91 Å². The van der Waals surface area contributed by atoms with Crippen molar-refractivity contribution in [2.75, 3.05) is 12.0 Å². The summed E-state index contributed by atoms with van der Waals surface area (Å²) >= 11 is 1.53. The topological polar surface area (TPSA) is 87.7 Å². The molecule has 2 atom stereocenters. The molecule has 2 aromatic carbocycles. The zero-order chi connectivity index (χ0) is 27.6. The monoisotopic (exact) mass is 523 g/mol. The molecule has 0 saturated heterocycles. The van der Waals surface area contributed by atoms with E-state index in [1.165, 1.54) is 11.8 Å². The van der Waals surface area contributed by atoms with E-state index in [0.29, 0.717) is 17.7 Å². The highest BCUT2D eigenvalue weighted by molar-refractivity contribution is 7.98. The molecule has 0 spiro atoms. The molecule has 198 valence electrons. The first-order valence-electron chi connectivity index (χ1n) is 12.1. The number of hydrogen-bond donors (Lipinski definition) is 2. The zero-order valence-corrected chi connectivity index (χ0v) is 23.3. The number of terminal acetylenes is 1. The predicted octanol–water partition coefficient (Wildman–Crippen LogP) is 4.73. The van der Waals surface area contributed by atoms with Crippen molar-refractivity contribution in [1.29, 1.82) is 0 Å². The highest BCUT2D eigenvalue weighted by Crippen LogP contribution is 2.26. The Bertz CT molecular complexity index is 1120. The Morgan fingerprint density at radius 2 is 1.78 bits per heavy atom. The summed E-state index contributed by atoms with van der Waals surface area (Å²) in [5.41, 5.74) is 2.64. The fourth-order valence-corrected chi connectivity index (χ4v) is 4.26. The van der Waals surface area contributed by atoms with Gasteiger partial charge in [0, 0.05) is 12.6 Å². The Morgan fingerprint density at radius 1 is 1.11 bits per heavy atom. The van der Waals surface area contributed by atoms with Gasteiger partial charge < -0.3 is 15.4 Å². The van der Waals surface area contributed by atoms with Gasteiger partial charge in [-0.15, -0.1) is 0 Å². The third kappa shape index (κ3) is 9.18. The molecule has 2 rings (SSSR count). The van der Waals surface area contributed by atoms with Crippen LogP contribution in [0, 0.1) is 26.3 Å². The van der Waals surface area contributed by atoms with Crippen molar-refractivity contribution in [3.63, 3.8) is 0 Å². The number of aryl methyl sites for hydroxylation is 2. The third-order valence-electron chi connectivity index (χ3n) is 5.51. The molecular formula is C29H37N3O4S. The first-order chi connectivity index (χ1) is 17.5. The van der Waals surface area contributed by atoms with Crippen LogP contribution in [-0.4, -0.2) is 46.5 Å². The Hall–Kier alpha value is -3.44. The summed E-state index contributed by atoms with van der Waals surface area (Å²) in [6.07, 6.45) is 7.37. The minimum absolute atomic E-state index is 0.278. The Balaban J connectivity index is 2.42. The third-order valence-corrected chi connectivity index (χ3v) is 6.16. The predicted molar refractivity (Wildman–Crippen MR) is 149 cm³/mol. The van der Waals surface area contributed by atoms with Crippen LogP contribution in [0.25, 0.3) is 0 Å². The molecule has 0 saturated carbocycles. The van der Waals surface area contributed by atoms with E-state index in [4.69, 9.17) is 11.2 Å². The summed E-state index contributed by atoms with van der Waals surface area (Å²) in [6, 6.07) is 15.5. The van der Waals surface area contributed by atoms with E-state index < -0.39 is 35.6 Å². The number of rotatable bonds is 10. The normalized spacial score (nSPS) is 12.6. The van der Waals surface area contributed by atoms with Gasteiger partial charge in [0.2, 0.25) is 5.91 Å². The molecule has 8 heteroatoms. The van der Waals surface area contributed by atoms with Crippen molar-refractivity contribution in [3.8, 4) is 12.5 Å². The van der Waals surface area contributed by atoms with E-state index in [-0.39, 0.29) is 6.54 Å². The maximum atomic E-state index is 13.8. The van der Waals surface area contributed by atoms with Gasteiger partial charge in [-0.25, -0.2) is 4.79 Å². The lowest BCUT2D eigenvalue weighted by atomic mass is 9.96. The molecule has 0 aliphatic rings. The number of nitrogens with one attached hydrogen (secondary N) is 2. The summed E-state index contributed by atoms with van der Waals surface area (Å²) in [4.78, 5) is 41.0. The molecule has 37 heavy (non-hydrogen) atoms. The maximum absolute atomic E-state index is 13.8. The second-order valence-corrected chi connectivity index (χ2v) is 10.8. The smallest absolute Gasteiger partial charge is 0.408 e. The van der Waals surface area contributed by atoms with Crippen LogP contribution in [0.5, 0.6) is 0 Å². The number of thioether (sulfide) groups is 1. The van der Waals surface area contributed by atoms with Gasteiger partial charge in [0.1, 0.15) is 17.7 Å². The number of hydrogen-bond acceptors (Lipinski definition) is 5. The molecule has 0 aliphatic heterocycles. The van der Waals surface area contributed by atoms with Crippen LogP contribution < -0.4 is 10.6 Å². The molecule has 3 amide bonds. The SMILES string of the molecule is C#CN(C(=O)C(CCSC)NC(=O)OC(C)(C)C)C(C(=O)NCc1ccccc1)c1ccc(C)cc1C. The van der Waals surface area contributed by atoms with Crippen molar-refractivity contribution < 1.29 is 19.1 Å². The lowest BCUT2D eigenvalue weighted by molar-refractivity contribution is -0.138. The number of ether oxygens (including phenoxy) is 1. The van der Waals surface area contributed by atoms with Gasteiger partial charge in [-0.05, 0) is 69.7 Å². The summed E-state index contributed by atoms with van der Waals surface area (Å²) in [7, 11) is 0. The molecule has 0 heterocycles. The average molecular weight is 524 g/mol. The summed E-state index contributed by atoms with van der Waals surface area (Å²) < 4.78 is 5.37. The van der Waals surface area contributed by atoms with Crippen LogP contribution in [0.2, 0.25) is 0 Å². The summed E-state index contributed by atoms with van der Waals surface area (Å²) in [5.74, 6) is -0.371. The molecule has 0 aliphatic carbocycles. The van der Waals surface area contributed by atoms with Crippen LogP contribution in [0.4, 0.5) is 4.79 Å². The van der Waals surface area contributed by atoms with Crippen molar-refractivity contribution in [3.05, 3.63) is 70.8 Å². The quantitative estimate of drug-likeness (QED) is 0.347. The van der Waals surface area contributed by atoms with Gasteiger partial charge in [-0.3, -0.25) is 14.5 Å². The second-order valence-electron chi connectivity index (χ2n) is 9.78. The number of alkyl carbamates (subject to hydrolysis) is 1. The van der Waals surface area contributed by atoms with Crippen LogP contribution in [-0.2, 0) is 20.9 Å². The molecule has 0 aromatic heterocycles. The van der Waals surface area contributed by atoms with Crippen molar-refractivity contribution >= 4 is 29.7 Å². The Labute approximate surface area is 224 Å². The maximum Gasteiger partial charge on any atom is 0.408 e. The minimum Gasteiger partial charge on any atom is -0.444 e. The van der Waals surface area contributed by atoms with E-state index in [9.17, 15) is 14.4 Å². The van der Waals surface area contributed by atoms with Gasteiger partial charge >= 0.3 is 6.09 Å². The lowest BCUT2D eigenvalue weighted by Crippen LogP contribution is -2.51. The highest BCUT2D eigenvalue weighted by atomic mass is 32.2. The van der Waals surface area contributed by atoms with Crippen molar-refractivity contribution in [2.24, 2.45) is 0 Å². The van der Waals surface area contributed by atoms with Gasteiger partial charge in [0.15, 0.2) is 0 Å². The largest absolute Gasteiger partial charge is 0.444 e. The number of carbonyl (C=O) groups is 3. The minimum atomic E-state index is -1.08. The van der Waals surface area contributed by atoms with Crippen molar-refractivity contribution in [1.82, 2.24) is 15.5 Å². The van der Waals surface area contributed by atoms with Crippen LogP contribution >= 0.6 is 11.8 Å². The Kier molecular flexibility index (Phi) is 11.1. The van der Waals surface area contributed by atoms with E-state index in [1.807, 2.05) is 68.6 Å². The van der Waals surface area contributed by atoms with E-state index in [2.05, 4.69) is 16.7 Å². The molecule has 2 aromatic rings. The fourth-order valence-electron chi connectivity index (χ4n) is 3.79. The molecule has 0 fully saturated rings. The standard InChI is InChI=1S/C29H37N3O4S/c1-8-32(27(34)24(16-17-37-7)31-28(35)36-29(4,5)6)25(23-15-14-20(2)18-21(23)3)26(33)30-19-22-12-10-9-11-13-22/h1,9-15,18,24-25H,16-17,19H2,2-7H3,(H,30,33)(H,31,35). The molecule has 2 N–H and O–H groups in total.